The van der Waals surface area contributed by atoms with Gasteiger partial charge >= 0.3 is 0 Å². The molecule has 3 nitrogen and oxygen atoms in total. The topological polar surface area (TPSA) is 41.1 Å². The Morgan fingerprint density at radius 1 is 1.38 bits per heavy atom. The number of carbonyl (C=O) groups is 1. The van der Waals surface area contributed by atoms with Crippen LogP contribution in [0.1, 0.15) is 52.4 Å². The minimum Gasteiger partial charge on any atom is -0.359 e. The summed E-state index contributed by atoms with van der Waals surface area (Å²) in [5.41, 5.74) is 0.422. The van der Waals surface area contributed by atoms with Gasteiger partial charge < -0.3 is 10.6 Å². The summed E-state index contributed by atoms with van der Waals surface area (Å²) in [6, 6.07) is 0.630. The van der Waals surface area contributed by atoms with Gasteiger partial charge in [-0.3, -0.25) is 4.79 Å². The largest absolute Gasteiger partial charge is 0.359 e. The third kappa shape index (κ3) is 4.12. The van der Waals surface area contributed by atoms with Gasteiger partial charge in [0.2, 0.25) is 5.91 Å². The van der Waals surface area contributed by atoms with Crippen LogP contribution in [-0.2, 0) is 4.79 Å². The van der Waals surface area contributed by atoms with Crippen molar-refractivity contribution in [2.24, 2.45) is 5.41 Å². The van der Waals surface area contributed by atoms with E-state index in [-0.39, 0.29) is 5.91 Å². The highest BCUT2D eigenvalue weighted by Crippen LogP contribution is 2.35. The van der Waals surface area contributed by atoms with Crippen molar-refractivity contribution < 1.29 is 4.79 Å². The lowest BCUT2D eigenvalue weighted by atomic mass is 9.73. The van der Waals surface area contributed by atoms with Crippen LogP contribution in [-0.4, -0.2) is 25.5 Å². The molecule has 0 radical (unpaired) electrons. The third-order valence-corrected chi connectivity index (χ3v) is 3.76. The quantitative estimate of drug-likeness (QED) is 0.705. The molecule has 0 heterocycles. The Morgan fingerprint density at radius 2 is 2.12 bits per heavy atom. The summed E-state index contributed by atoms with van der Waals surface area (Å²) < 4.78 is 0. The van der Waals surface area contributed by atoms with Crippen LogP contribution in [0.3, 0.4) is 0 Å². The number of rotatable bonds is 5. The molecule has 1 rings (SSSR count). The fraction of sp³-hybridized carbons (Fsp3) is 0.923. The molecular weight excluding hydrogens is 200 g/mol. The lowest BCUT2D eigenvalue weighted by Crippen LogP contribution is -2.44. The van der Waals surface area contributed by atoms with Crippen molar-refractivity contribution in [3.05, 3.63) is 0 Å². The molecule has 0 saturated heterocycles. The van der Waals surface area contributed by atoms with E-state index in [0.29, 0.717) is 17.9 Å². The summed E-state index contributed by atoms with van der Waals surface area (Å²) in [7, 11) is 1.69. The number of hydrogen-bond acceptors (Lipinski definition) is 2. The summed E-state index contributed by atoms with van der Waals surface area (Å²) in [5, 5.41) is 6.26. The third-order valence-electron chi connectivity index (χ3n) is 3.76. The highest BCUT2D eigenvalue weighted by atomic mass is 16.1. The summed E-state index contributed by atoms with van der Waals surface area (Å²) in [4.78, 5) is 11.1. The van der Waals surface area contributed by atoms with Crippen LogP contribution in [0.2, 0.25) is 0 Å². The second-order valence-electron chi connectivity index (χ2n) is 5.52. The number of carbonyl (C=O) groups excluding carboxylic acids is 1. The molecule has 1 fully saturated rings. The fourth-order valence-electron chi connectivity index (χ4n) is 2.52. The Labute approximate surface area is 99.4 Å². The van der Waals surface area contributed by atoms with Gasteiger partial charge in [-0.2, -0.15) is 0 Å². The minimum atomic E-state index is 0.143. The molecule has 1 aliphatic rings. The Balaban J connectivity index is 2.18. The SMILES string of the molecule is CNC(=O)CCCNC1CCCCC1(C)C. The van der Waals surface area contributed by atoms with Crippen LogP contribution in [0.4, 0.5) is 0 Å². The summed E-state index contributed by atoms with van der Waals surface area (Å²) in [6.45, 7) is 5.66. The highest BCUT2D eigenvalue weighted by molar-refractivity contribution is 5.75. The molecule has 0 aromatic carbocycles. The van der Waals surface area contributed by atoms with Crippen molar-refractivity contribution in [2.45, 2.75) is 58.4 Å². The smallest absolute Gasteiger partial charge is 0.219 e. The average Bonchev–Trinajstić information content (AvgIpc) is 2.25. The number of nitrogens with one attached hydrogen (secondary N) is 2. The van der Waals surface area contributed by atoms with Crippen LogP contribution in [0.5, 0.6) is 0 Å². The molecule has 16 heavy (non-hydrogen) atoms. The summed E-state index contributed by atoms with van der Waals surface area (Å²) in [6.07, 6.45) is 6.88. The molecule has 3 heteroatoms. The van der Waals surface area contributed by atoms with E-state index in [1.54, 1.807) is 7.05 Å². The maximum Gasteiger partial charge on any atom is 0.219 e. The van der Waals surface area contributed by atoms with E-state index in [9.17, 15) is 4.79 Å². The predicted octanol–water partition coefficient (Wildman–Crippen LogP) is 2.07. The maximum atomic E-state index is 11.1. The van der Waals surface area contributed by atoms with E-state index in [1.165, 1.54) is 25.7 Å². The van der Waals surface area contributed by atoms with Gasteiger partial charge in [-0.25, -0.2) is 0 Å². The lowest BCUT2D eigenvalue weighted by molar-refractivity contribution is -0.120. The zero-order valence-corrected chi connectivity index (χ0v) is 10.9. The van der Waals surface area contributed by atoms with Gasteiger partial charge in [0.05, 0.1) is 0 Å². The van der Waals surface area contributed by atoms with Crippen LogP contribution in [0.25, 0.3) is 0 Å². The molecule has 1 amide bonds. The first-order valence-electron chi connectivity index (χ1n) is 6.50. The Kier molecular flexibility index (Phi) is 5.26. The van der Waals surface area contributed by atoms with E-state index in [0.717, 1.165) is 13.0 Å². The van der Waals surface area contributed by atoms with E-state index < -0.39 is 0 Å². The summed E-state index contributed by atoms with van der Waals surface area (Å²) in [5.74, 6) is 0.143. The first-order valence-corrected chi connectivity index (χ1v) is 6.50. The molecule has 0 spiro atoms. The van der Waals surface area contributed by atoms with Gasteiger partial charge in [0.1, 0.15) is 0 Å². The van der Waals surface area contributed by atoms with Gasteiger partial charge in [-0.1, -0.05) is 26.7 Å². The molecule has 0 aliphatic heterocycles. The van der Waals surface area contributed by atoms with Crippen molar-refractivity contribution in [2.75, 3.05) is 13.6 Å². The summed E-state index contributed by atoms with van der Waals surface area (Å²) >= 11 is 0. The van der Waals surface area contributed by atoms with Gasteiger partial charge in [-0.05, 0) is 31.2 Å². The van der Waals surface area contributed by atoms with Crippen LogP contribution >= 0.6 is 0 Å². The molecule has 94 valence electrons. The fourth-order valence-corrected chi connectivity index (χ4v) is 2.52. The second kappa shape index (κ2) is 6.24. The van der Waals surface area contributed by atoms with E-state index in [2.05, 4.69) is 24.5 Å². The van der Waals surface area contributed by atoms with Gasteiger partial charge in [-0.15, -0.1) is 0 Å². The van der Waals surface area contributed by atoms with E-state index >= 15 is 0 Å². The molecule has 0 aromatic rings. The second-order valence-corrected chi connectivity index (χ2v) is 5.52. The lowest BCUT2D eigenvalue weighted by Gasteiger charge is -2.39. The van der Waals surface area contributed by atoms with E-state index in [4.69, 9.17) is 0 Å². The molecular formula is C13H26N2O. The average molecular weight is 226 g/mol. The van der Waals surface area contributed by atoms with Crippen molar-refractivity contribution >= 4 is 5.91 Å². The Morgan fingerprint density at radius 3 is 2.75 bits per heavy atom. The standard InChI is InChI=1S/C13H26N2O/c1-13(2)9-5-4-7-11(13)15-10-6-8-12(16)14-3/h11,15H,4-10H2,1-3H3,(H,14,16). The Hall–Kier alpha value is -0.570. The Bertz CT molecular complexity index is 226. The molecule has 1 saturated carbocycles. The first-order chi connectivity index (χ1) is 7.56. The molecule has 1 aliphatic carbocycles. The molecule has 0 bridgehead atoms. The van der Waals surface area contributed by atoms with E-state index in [1.807, 2.05) is 0 Å². The van der Waals surface area contributed by atoms with Gasteiger partial charge in [0.25, 0.3) is 0 Å². The van der Waals surface area contributed by atoms with Crippen molar-refractivity contribution in [1.82, 2.24) is 10.6 Å². The zero-order valence-electron chi connectivity index (χ0n) is 10.9. The number of amides is 1. The molecule has 2 N–H and O–H groups in total. The highest BCUT2D eigenvalue weighted by Gasteiger charge is 2.31. The zero-order chi connectivity index (χ0) is 12.0. The van der Waals surface area contributed by atoms with Gasteiger partial charge in [0, 0.05) is 19.5 Å². The predicted molar refractivity (Wildman–Crippen MR) is 67.3 cm³/mol. The minimum absolute atomic E-state index is 0.143. The van der Waals surface area contributed by atoms with Crippen molar-refractivity contribution in [3.63, 3.8) is 0 Å². The molecule has 1 atom stereocenters. The van der Waals surface area contributed by atoms with Crippen LogP contribution < -0.4 is 10.6 Å². The van der Waals surface area contributed by atoms with Crippen LogP contribution in [0.15, 0.2) is 0 Å². The number of hydrogen-bond donors (Lipinski definition) is 2. The first kappa shape index (κ1) is 13.5. The van der Waals surface area contributed by atoms with Gasteiger partial charge in [0.15, 0.2) is 0 Å². The molecule has 0 aromatic heterocycles. The maximum absolute atomic E-state index is 11.1. The monoisotopic (exact) mass is 226 g/mol. The van der Waals surface area contributed by atoms with Crippen molar-refractivity contribution in [1.29, 1.82) is 0 Å². The normalized spacial score (nSPS) is 24.1. The van der Waals surface area contributed by atoms with Crippen LogP contribution in [0, 0.1) is 5.41 Å². The van der Waals surface area contributed by atoms with Crippen molar-refractivity contribution in [3.8, 4) is 0 Å². The molecule has 1 unspecified atom stereocenters.